The van der Waals surface area contributed by atoms with E-state index in [0.29, 0.717) is 6.08 Å². The minimum atomic E-state index is -5.08. The molecule has 0 saturated carbocycles. The second-order valence-electron chi connectivity index (χ2n) is 4.72. The lowest BCUT2D eigenvalue weighted by Crippen LogP contribution is -2.40. The summed E-state index contributed by atoms with van der Waals surface area (Å²) in [6, 6.07) is 2.17. The number of rotatable bonds is 2. The Morgan fingerprint density at radius 2 is 1.83 bits per heavy atom. The zero-order chi connectivity index (χ0) is 17.6. The number of fused-ring (bicyclic) bond motifs is 1. The van der Waals surface area contributed by atoms with Crippen molar-refractivity contribution in [1.82, 2.24) is 0 Å². The molecular weight excluding hydrogens is 398 g/mol. The van der Waals surface area contributed by atoms with Gasteiger partial charge in [0.2, 0.25) is 6.10 Å². The summed E-state index contributed by atoms with van der Waals surface area (Å²) >= 11 is 2.94. The van der Waals surface area contributed by atoms with Crippen molar-refractivity contribution in [3.63, 3.8) is 0 Å². The summed E-state index contributed by atoms with van der Waals surface area (Å²) in [4.78, 5) is 11.0. The number of alkyl halides is 6. The highest BCUT2D eigenvalue weighted by Crippen LogP contribution is 2.42. The molecule has 1 aliphatic heterocycles. The van der Waals surface area contributed by atoms with Crippen molar-refractivity contribution in [2.45, 2.75) is 24.9 Å². The molecule has 0 fully saturated rings. The third kappa shape index (κ3) is 3.98. The van der Waals surface area contributed by atoms with Crippen molar-refractivity contribution >= 4 is 28.0 Å². The van der Waals surface area contributed by atoms with Crippen LogP contribution < -0.4 is 4.74 Å². The molecular formula is C13H7BrF6O3. The van der Waals surface area contributed by atoms with Crippen LogP contribution in [-0.4, -0.2) is 29.5 Å². The first kappa shape index (κ1) is 17.6. The van der Waals surface area contributed by atoms with E-state index >= 15 is 0 Å². The van der Waals surface area contributed by atoms with E-state index < -0.39 is 47.7 Å². The summed E-state index contributed by atoms with van der Waals surface area (Å²) in [5.41, 5.74) is -1.78. The zero-order valence-electron chi connectivity index (χ0n) is 10.9. The fourth-order valence-corrected chi connectivity index (χ4v) is 2.64. The lowest BCUT2D eigenvalue weighted by Gasteiger charge is -2.29. The van der Waals surface area contributed by atoms with Crippen LogP contribution in [0.5, 0.6) is 5.75 Å². The van der Waals surface area contributed by atoms with E-state index in [0.717, 1.165) is 6.07 Å². The van der Waals surface area contributed by atoms with Gasteiger partial charge in [0.25, 0.3) is 0 Å². The van der Waals surface area contributed by atoms with Crippen molar-refractivity contribution in [2.24, 2.45) is 0 Å². The van der Waals surface area contributed by atoms with E-state index in [9.17, 15) is 31.1 Å². The quantitative estimate of drug-likeness (QED) is 0.745. The Morgan fingerprint density at radius 1 is 1.22 bits per heavy atom. The molecule has 0 unspecified atom stereocenters. The molecule has 10 heteroatoms. The van der Waals surface area contributed by atoms with E-state index in [2.05, 4.69) is 20.7 Å². The monoisotopic (exact) mass is 404 g/mol. The second kappa shape index (κ2) is 5.73. The molecule has 1 aliphatic rings. The third-order valence-electron chi connectivity index (χ3n) is 2.92. The van der Waals surface area contributed by atoms with Crippen LogP contribution in [0.2, 0.25) is 0 Å². The molecule has 1 atom stereocenters. The molecule has 1 N–H and O–H groups in total. The van der Waals surface area contributed by atoms with Crippen LogP contribution in [0.1, 0.15) is 11.1 Å². The predicted octanol–water partition coefficient (Wildman–Crippen LogP) is 4.35. The molecule has 0 aromatic heterocycles. The topological polar surface area (TPSA) is 46.5 Å². The Labute approximate surface area is 133 Å². The number of carboxylic acids is 1. The summed E-state index contributed by atoms with van der Waals surface area (Å²) in [6.07, 6.45) is -13.4. The second-order valence-corrected chi connectivity index (χ2v) is 5.64. The van der Waals surface area contributed by atoms with Crippen LogP contribution in [0.4, 0.5) is 26.3 Å². The van der Waals surface area contributed by atoms with Gasteiger partial charge in [0.1, 0.15) is 5.75 Å². The summed E-state index contributed by atoms with van der Waals surface area (Å²) < 4.78 is 81.3. The van der Waals surface area contributed by atoms with Gasteiger partial charge in [0.15, 0.2) is 0 Å². The molecule has 0 radical (unpaired) electrons. The van der Waals surface area contributed by atoms with Crippen molar-refractivity contribution in [3.8, 4) is 5.75 Å². The van der Waals surface area contributed by atoms with Crippen molar-refractivity contribution in [3.05, 3.63) is 33.3 Å². The van der Waals surface area contributed by atoms with Gasteiger partial charge in [-0.05, 0) is 18.2 Å². The van der Waals surface area contributed by atoms with Crippen LogP contribution >= 0.6 is 15.9 Å². The molecule has 3 nitrogen and oxygen atoms in total. The molecule has 0 spiro atoms. The zero-order valence-corrected chi connectivity index (χ0v) is 12.5. The number of halogens is 7. The first-order valence-electron chi connectivity index (χ1n) is 5.96. The van der Waals surface area contributed by atoms with Gasteiger partial charge in [-0.3, -0.25) is 0 Å². The Kier molecular flexibility index (Phi) is 4.40. The lowest BCUT2D eigenvalue weighted by molar-refractivity contribution is -0.187. The van der Waals surface area contributed by atoms with E-state index in [1.165, 1.54) is 6.07 Å². The normalized spacial score (nSPS) is 18.0. The van der Waals surface area contributed by atoms with Crippen molar-refractivity contribution in [2.75, 3.05) is 0 Å². The van der Waals surface area contributed by atoms with E-state index in [1.807, 2.05) is 0 Å². The largest absolute Gasteiger partial charge is 0.478 e. The highest BCUT2D eigenvalue weighted by molar-refractivity contribution is 9.10. The van der Waals surface area contributed by atoms with Gasteiger partial charge in [0.05, 0.1) is 12.0 Å². The minimum Gasteiger partial charge on any atom is -0.478 e. The number of benzene rings is 1. The summed E-state index contributed by atoms with van der Waals surface area (Å²) in [5, 5.41) is 8.88. The highest BCUT2D eigenvalue weighted by atomic mass is 79.9. The maximum Gasteiger partial charge on any atom is 0.430 e. The van der Waals surface area contributed by atoms with Crippen LogP contribution in [0.3, 0.4) is 0 Å². The van der Waals surface area contributed by atoms with E-state index in [-0.39, 0.29) is 10.0 Å². The summed E-state index contributed by atoms with van der Waals surface area (Å²) in [7, 11) is 0. The Hall–Kier alpha value is -1.71. The molecule has 23 heavy (non-hydrogen) atoms. The van der Waals surface area contributed by atoms with Crippen LogP contribution in [0.15, 0.2) is 22.2 Å². The van der Waals surface area contributed by atoms with Crippen LogP contribution in [0, 0.1) is 0 Å². The number of hydrogen-bond donors (Lipinski definition) is 1. The first-order valence-corrected chi connectivity index (χ1v) is 6.75. The Bertz CT molecular complexity index is 678. The fourth-order valence-electron chi connectivity index (χ4n) is 2.11. The van der Waals surface area contributed by atoms with Gasteiger partial charge in [-0.2, -0.15) is 26.3 Å². The first-order chi connectivity index (χ1) is 10.4. The number of aliphatic carboxylic acids is 1. The third-order valence-corrected chi connectivity index (χ3v) is 3.38. The average Bonchev–Trinajstić information content (AvgIpc) is 2.33. The smallest absolute Gasteiger partial charge is 0.430 e. The standard InChI is InChI=1S/C13H7BrF6O3/c14-7-1-5-3-8(11(21)22)10(13(18,19)20)23-9(5)6(2-7)4-12(15,16)17/h1-3,10H,4H2,(H,21,22)/t10-/m0/s1. The van der Waals surface area contributed by atoms with Gasteiger partial charge in [-0.1, -0.05) is 15.9 Å². The van der Waals surface area contributed by atoms with Crippen molar-refractivity contribution in [1.29, 1.82) is 0 Å². The SMILES string of the molecule is O=C(O)C1=Cc2cc(Br)cc(CC(F)(F)F)c2O[C@@H]1C(F)(F)F. The van der Waals surface area contributed by atoms with Gasteiger partial charge >= 0.3 is 18.3 Å². The Balaban J connectivity index is 2.61. The van der Waals surface area contributed by atoms with Gasteiger partial charge < -0.3 is 9.84 Å². The molecule has 0 saturated heterocycles. The molecule has 1 heterocycles. The van der Waals surface area contributed by atoms with Crippen molar-refractivity contribution < 1.29 is 41.0 Å². The number of hydrogen-bond acceptors (Lipinski definition) is 2. The molecule has 126 valence electrons. The average molecular weight is 405 g/mol. The molecule has 2 rings (SSSR count). The Morgan fingerprint density at radius 3 is 2.30 bits per heavy atom. The van der Waals surface area contributed by atoms with E-state index in [4.69, 9.17) is 5.11 Å². The summed E-state index contributed by atoms with van der Waals surface area (Å²) in [5.74, 6) is -2.49. The maximum absolute atomic E-state index is 12.9. The number of ether oxygens (including phenoxy) is 1. The fraction of sp³-hybridized carbons (Fsp3) is 0.308. The highest BCUT2D eigenvalue weighted by Gasteiger charge is 2.49. The molecule has 1 aromatic rings. The van der Waals surface area contributed by atoms with Gasteiger partial charge in [0, 0.05) is 15.6 Å². The predicted molar refractivity (Wildman–Crippen MR) is 70.0 cm³/mol. The minimum absolute atomic E-state index is 0.158. The van der Waals surface area contributed by atoms with Crippen LogP contribution in [0.25, 0.3) is 6.08 Å². The van der Waals surface area contributed by atoms with Crippen LogP contribution in [-0.2, 0) is 11.2 Å². The molecule has 0 bridgehead atoms. The number of carbonyl (C=O) groups is 1. The van der Waals surface area contributed by atoms with E-state index in [1.54, 1.807) is 0 Å². The lowest BCUT2D eigenvalue weighted by atomic mass is 9.97. The van der Waals surface area contributed by atoms with Gasteiger partial charge in [-0.25, -0.2) is 4.79 Å². The van der Waals surface area contributed by atoms with Gasteiger partial charge in [-0.15, -0.1) is 0 Å². The maximum atomic E-state index is 12.9. The molecule has 0 aliphatic carbocycles. The molecule has 1 aromatic carbocycles. The number of carboxylic acid groups (broad SMARTS) is 1. The molecule has 0 amide bonds. The summed E-state index contributed by atoms with van der Waals surface area (Å²) in [6.45, 7) is 0.